The van der Waals surface area contributed by atoms with Gasteiger partial charge in [-0.25, -0.2) is 0 Å². The number of fused-ring (bicyclic) bond motifs is 2. The van der Waals surface area contributed by atoms with Gasteiger partial charge in [-0.2, -0.15) is 0 Å². The van der Waals surface area contributed by atoms with Crippen LogP contribution in [0.3, 0.4) is 0 Å². The number of rotatable bonds is 3. The number of carbonyl (C=O) groups excluding carboxylic acids is 3. The molecule has 4 rings (SSSR count). The first-order valence-electron chi connectivity index (χ1n) is 9.10. The fourth-order valence-electron chi connectivity index (χ4n) is 5.49. The maximum Gasteiger partial charge on any atom is 0.302 e. The summed E-state index contributed by atoms with van der Waals surface area (Å²) in [4.78, 5) is 35.9. The zero-order chi connectivity index (χ0) is 19.8. The number of hydrogen-bond acceptors (Lipinski definition) is 8. The number of Topliss-reactive ketones (excluding diaryl/α,β-unsaturated/α-hetero) is 1. The van der Waals surface area contributed by atoms with Crippen molar-refractivity contribution in [2.24, 2.45) is 10.8 Å². The maximum absolute atomic E-state index is 12.7. The second kappa shape index (κ2) is 5.62. The Morgan fingerprint density at radius 1 is 1.33 bits per heavy atom. The van der Waals surface area contributed by atoms with Crippen molar-refractivity contribution in [3.05, 3.63) is 11.6 Å². The zero-order valence-electron chi connectivity index (χ0n) is 15.8. The van der Waals surface area contributed by atoms with Crippen LogP contribution >= 0.6 is 0 Å². The third kappa shape index (κ3) is 2.17. The van der Waals surface area contributed by atoms with Crippen LogP contribution in [-0.2, 0) is 33.3 Å². The van der Waals surface area contributed by atoms with Crippen LogP contribution in [0.15, 0.2) is 11.6 Å². The molecule has 8 nitrogen and oxygen atoms in total. The van der Waals surface area contributed by atoms with Gasteiger partial charge in [0.1, 0.15) is 30.5 Å². The molecule has 0 amide bonds. The molecule has 0 radical (unpaired) electrons. The Morgan fingerprint density at radius 2 is 2.00 bits per heavy atom. The lowest BCUT2D eigenvalue weighted by atomic mass is 9.50. The standard InChI is InChI=1S/C19H24O8/c1-9-5-13-18(7-24-10(2)20,15(23)14(9)22)17(4)6-12(26-11(3)21)16(27-13)19(17)8-25-19/h5,12-13,15-16,23H,6-8H2,1-4H3/t12-,13-,15?,16-,17-,18-,19+/m1/s1. The maximum atomic E-state index is 12.7. The average Bonchev–Trinajstić information content (AvgIpc) is 3.34. The van der Waals surface area contributed by atoms with E-state index in [4.69, 9.17) is 18.9 Å². The Morgan fingerprint density at radius 3 is 2.56 bits per heavy atom. The molecule has 2 aliphatic heterocycles. The number of carbonyl (C=O) groups is 3. The molecule has 2 aliphatic carbocycles. The third-order valence-corrected chi connectivity index (χ3v) is 6.98. The molecule has 7 atom stereocenters. The highest BCUT2D eigenvalue weighted by Crippen LogP contribution is 2.71. The molecule has 1 saturated carbocycles. The summed E-state index contributed by atoms with van der Waals surface area (Å²) in [6.07, 6.45) is -1.15. The van der Waals surface area contributed by atoms with E-state index in [2.05, 4.69) is 0 Å². The van der Waals surface area contributed by atoms with E-state index < -0.39 is 58.6 Å². The molecular formula is C19H24O8. The minimum absolute atomic E-state index is 0.190. The van der Waals surface area contributed by atoms with Gasteiger partial charge >= 0.3 is 11.9 Å². The van der Waals surface area contributed by atoms with E-state index in [0.717, 1.165) is 0 Å². The van der Waals surface area contributed by atoms with Gasteiger partial charge in [0, 0.05) is 19.3 Å². The first-order chi connectivity index (χ1) is 12.6. The second-order valence-corrected chi connectivity index (χ2v) is 8.28. The van der Waals surface area contributed by atoms with Crippen molar-refractivity contribution in [1.29, 1.82) is 0 Å². The quantitative estimate of drug-likeness (QED) is 0.550. The Kier molecular flexibility index (Phi) is 3.87. The van der Waals surface area contributed by atoms with Gasteiger partial charge in [0.15, 0.2) is 5.78 Å². The lowest BCUT2D eigenvalue weighted by molar-refractivity contribution is -0.248. The number of ketones is 1. The molecule has 148 valence electrons. The molecule has 1 spiro atoms. The molecule has 3 fully saturated rings. The molecule has 1 unspecified atom stereocenters. The van der Waals surface area contributed by atoms with Crippen LogP contribution in [0, 0.1) is 10.8 Å². The fourth-order valence-corrected chi connectivity index (χ4v) is 5.49. The van der Waals surface area contributed by atoms with Crippen LogP contribution in [0.4, 0.5) is 0 Å². The van der Waals surface area contributed by atoms with E-state index in [1.54, 1.807) is 13.0 Å². The van der Waals surface area contributed by atoms with E-state index in [9.17, 15) is 19.5 Å². The monoisotopic (exact) mass is 380 g/mol. The average molecular weight is 380 g/mol. The van der Waals surface area contributed by atoms with E-state index in [0.29, 0.717) is 18.6 Å². The van der Waals surface area contributed by atoms with E-state index in [1.165, 1.54) is 13.8 Å². The number of aliphatic hydroxyl groups is 1. The third-order valence-electron chi connectivity index (χ3n) is 6.98. The van der Waals surface area contributed by atoms with E-state index in [-0.39, 0.29) is 6.61 Å². The van der Waals surface area contributed by atoms with Crippen molar-refractivity contribution in [3.63, 3.8) is 0 Å². The van der Waals surface area contributed by atoms with E-state index in [1.807, 2.05) is 6.92 Å². The Balaban J connectivity index is 1.86. The molecular weight excluding hydrogens is 356 g/mol. The van der Waals surface area contributed by atoms with Crippen LogP contribution in [-0.4, -0.2) is 66.1 Å². The fraction of sp³-hybridized carbons (Fsp3) is 0.737. The highest BCUT2D eigenvalue weighted by molar-refractivity contribution is 6.00. The van der Waals surface area contributed by atoms with Gasteiger partial charge in [-0.15, -0.1) is 0 Å². The van der Waals surface area contributed by atoms with Crippen molar-refractivity contribution in [3.8, 4) is 0 Å². The number of esters is 2. The number of aliphatic hydroxyl groups excluding tert-OH is 1. The van der Waals surface area contributed by atoms with Gasteiger partial charge in [-0.3, -0.25) is 14.4 Å². The minimum atomic E-state index is -1.42. The summed E-state index contributed by atoms with van der Waals surface area (Å²) >= 11 is 0. The second-order valence-electron chi connectivity index (χ2n) is 8.28. The molecule has 0 aromatic rings. The van der Waals surface area contributed by atoms with Crippen LogP contribution in [0.25, 0.3) is 0 Å². The smallest absolute Gasteiger partial charge is 0.302 e. The van der Waals surface area contributed by atoms with Gasteiger partial charge in [-0.1, -0.05) is 6.92 Å². The van der Waals surface area contributed by atoms with Gasteiger partial charge in [-0.05, 0) is 25.0 Å². The first-order valence-corrected chi connectivity index (χ1v) is 9.10. The lowest BCUT2D eigenvalue weighted by Crippen LogP contribution is -2.70. The molecule has 2 saturated heterocycles. The van der Waals surface area contributed by atoms with Crippen LogP contribution in [0.1, 0.15) is 34.1 Å². The van der Waals surface area contributed by atoms with Crippen molar-refractivity contribution in [1.82, 2.24) is 0 Å². The van der Waals surface area contributed by atoms with E-state index >= 15 is 0 Å². The summed E-state index contributed by atoms with van der Waals surface area (Å²) in [7, 11) is 0. The topological polar surface area (TPSA) is 112 Å². The van der Waals surface area contributed by atoms with Gasteiger partial charge in [0.05, 0.1) is 18.1 Å². The molecule has 2 bridgehead atoms. The van der Waals surface area contributed by atoms with Crippen LogP contribution in [0.2, 0.25) is 0 Å². The minimum Gasteiger partial charge on any atom is -0.465 e. The van der Waals surface area contributed by atoms with Crippen LogP contribution in [0.5, 0.6) is 0 Å². The Labute approximate surface area is 156 Å². The predicted molar refractivity (Wildman–Crippen MR) is 89.5 cm³/mol. The van der Waals surface area contributed by atoms with Gasteiger partial charge in [0.2, 0.25) is 0 Å². The molecule has 0 aromatic heterocycles. The SMILES string of the molecule is CC(=O)OC[C@]12C(O)C(=O)C(C)=C[C@H]1O[C@@H]1[C@H](OC(C)=O)C[C@@]2(C)[C@]12CO2. The number of epoxide rings is 1. The summed E-state index contributed by atoms with van der Waals surface area (Å²) in [5, 5.41) is 11.1. The van der Waals surface area contributed by atoms with Crippen LogP contribution < -0.4 is 0 Å². The van der Waals surface area contributed by atoms with Crippen molar-refractivity contribution >= 4 is 17.7 Å². The molecule has 27 heavy (non-hydrogen) atoms. The molecule has 4 aliphatic rings. The van der Waals surface area contributed by atoms with Crippen molar-refractivity contribution in [2.45, 2.75) is 64.1 Å². The van der Waals surface area contributed by atoms with Gasteiger partial charge in [0.25, 0.3) is 0 Å². The van der Waals surface area contributed by atoms with Gasteiger partial charge < -0.3 is 24.1 Å². The summed E-state index contributed by atoms with van der Waals surface area (Å²) < 4.78 is 22.9. The Bertz CT molecular complexity index is 753. The predicted octanol–water partition coefficient (Wildman–Crippen LogP) is 0.304. The highest BCUT2D eigenvalue weighted by Gasteiger charge is 2.84. The molecule has 8 heteroatoms. The summed E-state index contributed by atoms with van der Waals surface area (Å²) in [6.45, 7) is 6.30. The summed E-state index contributed by atoms with van der Waals surface area (Å²) in [5.74, 6) is -1.37. The summed E-state index contributed by atoms with van der Waals surface area (Å²) in [6, 6.07) is 0. The Hall–Kier alpha value is -1.77. The number of hydrogen-bond donors (Lipinski definition) is 1. The highest BCUT2D eigenvalue weighted by atomic mass is 16.7. The molecule has 2 heterocycles. The first kappa shape index (κ1) is 18.6. The van der Waals surface area contributed by atoms with Crippen molar-refractivity contribution in [2.75, 3.05) is 13.2 Å². The lowest BCUT2D eigenvalue weighted by Gasteiger charge is -2.58. The molecule has 0 aromatic carbocycles. The normalized spacial score (nSPS) is 47.3. The summed E-state index contributed by atoms with van der Waals surface area (Å²) in [5.41, 5.74) is -2.41. The zero-order valence-corrected chi connectivity index (χ0v) is 15.8. The number of ether oxygens (including phenoxy) is 4. The molecule has 1 N–H and O–H groups in total. The van der Waals surface area contributed by atoms with Crippen molar-refractivity contribution < 1.29 is 38.4 Å². The largest absolute Gasteiger partial charge is 0.465 e.